The van der Waals surface area contributed by atoms with Crippen molar-refractivity contribution < 1.29 is 4.42 Å². The van der Waals surface area contributed by atoms with E-state index in [4.69, 9.17) is 9.40 Å². The van der Waals surface area contributed by atoms with Gasteiger partial charge in [0.1, 0.15) is 11.3 Å². The molecule has 2 nitrogen and oxygen atoms in total. The van der Waals surface area contributed by atoms with E-state index in [2.05, 4.69) is 109 Å². The molecule has 0 aliphatic rings. The Bertz CT molecular complexity index is 1830. The highest BCUT2D eigenvalue weighted by Gasteiger charge is 2.23. The molecule has 38 heavy (non-hydrogen) atoms. The molecule has 0 saturated heterocycles. The summed E-state index contributed by atoms with van der Waals surface area (Å²) in [7, 11) is 0. The van der Waals surface area contributed by atoms with Gasteiger partial charge in [-0.3, -0.25) is 4.98 Å². The topological polar surface area (TPSA) is 26.0 Å². The van der Waals surface area contributed by atoms with Gasteiger partial charge in [-0.05, 0) is 76.9 Å². The molecule has 6 rings (SSSR count). The van der Waals surface area contributed by atoms with Gasteiger partial charge in [0.2, 0.25) is 0 Å². The standard InChI is InChI=1S/C35H35NOS/c1-20(2)17-29-21(3)25-13-10-14-27(33(25)37-29)34-22(4)31-30(38-34)15-16-36-32(31)24-18-23-11-8-9-12-26(23)28(19-24)35(5,6)7/h8-16,18-20H,17H2,1-7H3. The van der Waals surface area contributed by atoms with Crippen LogP contribution in [0.15, 0.2) is 71.3 Å². The largest absolute Gasteiger partial charge is 0.460 e. The highest BCUT2D eigenvalue weighted by Crippen LogP contribution is 2.45. The third-order valence-electron chi connectivity index (χ3n) is 7.68. The lowest BCUT2D eigenvalue weighted by Gasteiger charge is -2.23. The number of rotatable bonds is 4. The van der Waals surface area contributed by atoms with Crippen LogP contribution in [0.5, 0.6) is 0 Å². The van der Waals surface area contributed by atoms with Gasteiger partial charge in [0.15, 0.2) is 0 Å². The molecule has 192 valence electrons. The van der Waals surface area contributed by atoms with Crippen molar-refractivity contribution in [1.29, 1.82) is 0 Å². The summed E-state index contributed by atoms with van der Waals surface area (Å²) in [5, 5.41) is 5.04. The minimum absolute atomic E-state index is 0.0266. The van der Waals surface area contributed by atoms with Crippen molar-refractivity contribution in [3.05, 3.63) is 89.3 Å². The first-order valence-electron chi connectivity index (χ1n) is 13.6. The zero-order valence-corrected chi connectivity index (χ0v) is 24.2. The second kappa shape index (κ2) is 9.10. The number of aromatic nitrogens is 1. The third-order valence-corrected chi connectivity index (χ3v) is 8.97. The van der Waals surface area contributed by atoms with Crippen molar-refractivity contribution in [3.8, 4) is 21.7 Å². The van der Waals surface area contributed by atoms with Crippen LogP contribution in [-0.2, 0) is 11.8 Å². The van der Waals surface area contributed by atoms with E-state index in [0.29, 0.717) is 5.92 Å². The zero-order valence-electron chi connectivity index (χ0n) is 23.4. The average Bonchev–Trinajstić information content (AvgIpc) is 3.38. The van der Waals surface area contributed by atoms with E-state index in [-0.39, 0.29) is 5.41 Å². The number of hydrogen-bond donors (Lipinski definition) is 0. The number of para-hydroxylation sites is 1. The maximum Gasteiger partial charge on any atom is 0.143 e. The first-order valence-corrected chi connectivity index (χ1v) is 14.4. The molecule has 0 saturated carbocycles. The number of thiophene rings is 1. The van der Waals surface area contributed by atoms with E-state index >= 15 is 0 Å². The van der Waals surface area contributed by atoms with Crippen LogP contribution in [-0.4, -0.2) is 4.98 Å². The van der Waals surface area contributed by atoms with Gasteiger partial charge in [0.25, 0.3) is 0 Å². The molecular weight excluding hydrogens is 482 g/mol. The molecule has 0 atom stereocenters. The van der Waals surface area contributed by atoms with Gasteiger partial charge < -0.3 is 4.42 Å². The normalized spacial score (nSPS) is 12.4. The van der Waals surface area contributed by atoms with Crippen molar-refractivity contribution >= 4 is 43.2 Å². The fraction of sp³-hybridized carbons (Fsp3) is 0.286. The Morgan fingerprint density at radius 2 is 1.66 bits per heavy atom. The molecule has 0 aliphatic heterocycles. The molecule has 0 amide bonds. The number of furan rings is 1. The molecule has 0 aliphatic carbocycles. The van der Waals surface area contributed by atoms with Crippen molar-refractivity contribution in [2.45, 2.75) is 60.3 Å². The van der Waals surface area contributed by atoms with E-state index in [0.717, 1.165) is 23.5 Å². The highest BCUT2D eigenvalue weighted by atomic mass is 32.1. The van der Waals surface area contributed by atoms with Crippen LogP contribution in [0.25, 0.3) is 53.5 Å². The molecule has 0 spiro atoms. The van der Waals surface area contributed by atoms with E-state index in [1.54, 1.807) is 0 Å². The molecule has 6 aromatic rings. The van der Waals surface area contributed by atoms with Gasteiger partial charge >= 0.3 is 0 Å². The van der Waals surface area contributed by atoms with Gasteiger partial charge in [-0.15, -0.1) is 11.3 Å². The maximum absolute atomic E-state index is 6.55. The average molecular weight is 518 g/mol. The molecule has 3 aromatic heterocycles. The Kier molecular flexibility index (Phi) is 5.96. The molecule has 0 radical (unpaired) electrons. The second-order valence-electron chi connectivity index (χ2n) is 12.0. The smallest absolute Gasteiger partial charge is 0.143 e. The maximum atomic E-state index is 6.55. The lowest BCUT2D eigenvalue weighted by atomic mass is 9.82. The van der Waals surface area contributed by atoms with E-state index < -0.39 is 0 Å². The van der Waals surface area contributed by atoms with Gasteiger partial charge in [-0.25, -0.2) is 0 Å². The van der Waals surface area contributed by atoms with Crippen molar-refractivity contribution in [3.63, 3.8) is 0 Å². The zero-order chi connectivity index (χ0) is 26.8. The summed E-state index contributed by atoms with van der Waals surface area (Å²) in [6.07, 6.45) is 2.92. The lowest BCUT2D eigenvalue weighted by Crippen LogP contribution is -2.12. The van der Waals surface area contributed by atoms with Crippen LogP contribution in [0.3, 0.4) is 0 Å². The fourth-order valence-electron chi connectivity index (χ4n) is 5.77. The van der Waals surface area contributed by atoms with Gasteiger partial charge in [-0.1, -0.05) is 71.0 Å². The highest BCUT2D eigenvalue weighted by molar-refractivity contribution is 7.22. The Morgan fingerprint density at radius 3 is 2.42 bits per heavy atom. The summed E-state index contributed by atoms with van der Waals surface area (Å²) >= 11 is 1.84. The first kappa shape index (κ1) is 24.9. The Labute approximate surface area is 229 Å². The summed E-state index contributed by atoms with van der Waals surface area (Å²) < 4.78 is 7.81. The predicted octanol–water partition coefficient (Wildman–Crippen LogP) is 10.6. The summed E-state index contributed by atoms with van der Waals surface area (Å²) in [6.45, 7) is 15.8. The number of benzene rings is 3. The molecular formula is C35H35NOS. The molecule has 0 fully saturated rings. The first-order chi connectivity index (χ1) is 18.1. The summed E-state index contributed by atoms with van der Waals surface area (Å²) in [4.78, 5) is 6.24. The third kappa shape index (κ3) is 4.05. The second-order valence-corrected chi connectivity index (χ2v) is 13.1. The monoisotopic (exact) mass is 517 g/mol. The Morgan fingerprint density at radius 1 is 0.895 bits per heavy atom. The quantitative estimate of drug-likeness (QED) is 0.232. The van der Waals surface area contributed by atoms with Crippen molar-refractivity contribution in [1.82, 2.24) is 4.98 Å². The van der Waals surface area contributed by atoms with Crippen LogP contribution < -0.4 is 0 Å². The molecule has 0 unspecified atom stereocenters. The lowest BCUT2D eigenvalue weighted by molar-refractivity contribution is 0.497. The predicted molar refractivity (Wildman–Crippen MR) is 164 cm³/mol. The van der Waals surface area contributed by atoms with Crippen LogP contribution in [0.2, 0.25) is 0 Å². The summed E-state index contributed by atoms with van der Waals surface area (Å²) in [5.41, 5.74) is 8.34. The van der Waals surface area contributed by atoms with E-state index in [9.17, 15) is 0 Å². The minimum atomic E-state index is 0.0266. The number of pyridine rings is 1. The van der Waals surface area contributed by atoms with Gasteiger partial charge in [0, 0.05) is 44.1 Å². The minimum Gasteiger partial charge on any atom is -0.460 e. The number of aryl methyl sites for hydroxylation is 2. The van der Waals surface area contributed by atoms with Crippen molar-refractivity contribution in [2.75, 3.05) is 0 Å². The summed E-state index contributed by atoms with van der Waals surface area (Å²) in [6, 6.07) is 22.1. The fourth-order valence-corrected chi connectivity index (χ4v) is 7.00. The SMILES string of the molecule is Cc1c(CC(C)C)oc2c(-c3sc4ccnc(-c5cc(C(C)(C)C)c6ccccc6c5)c4c3C)cccc12. The Balaban J connectivity index is 1.59. The molecule has 3 heterocycles. The number of hydrogen-bond acceptors (Lipinski definition) is 3. The van der Waals surface area contributed by atoms with Crippen molar-refractivity contribution in [2.24, 2.45) is 5.92 Å². The van der Waals surface area contributed by atoms with E-state index in [1.165, 1.54) is 58.9 Å². The summed E-state index contributed by atoms with van der Waals surface area (Å²) in [5.74, 6) is 1.66. The number of nitrogens with zero attached hydrogens (tertiary/aromatic N) is 1. The molecule has 0 N–H and O–H groups in total. The van der Waals surface area contributed by atoms with Crippen LogP contribution in [0.4, 0.5) is 0 Å². The molecule has 0 bridgehead atoms. The molecule has 3 heteroatoms. The van der Waals surface area contributed by atoms with E-state index in [1.807, 2.05) is 17.5 Å². The van der Waals surface area contributed by atoms with Gasteiger partial charge in [0.05, 0.1) is 5.69 Å². The number of fused-ring (bicyclic) bond motifs is 3. The van der Waals surface area contributed by atoms with Crippen LogP contribution >= 0.6 is 11.3 Å². The van der Waals surface area contributed by atoms with Crippen LogP contribution in [0, 0.1) is 19.8 Å². The van der Waals surface area contributed by atoms with Crippen LogP contribution in [0.1, 0.15) is 57.1 Å². The molecule has 3 aromatic carbocycles. The van der Waals surface area contributed by atoms with Gasteiger partial charge in [-0.2, -0.15) is 0 Å². The Hall–Kier alpha value is -3.43.